The molecule has 2 unspecified atom stereocenters. The molecule has 0 aromatic heterocycles. The Bertz CT molecular complexity index is 351. The Morgan fingerprint density at radius 1 is 1.19 bits per heavy atom. The van der Waals surface area contributed by atoms with Gasteiger partial charge in [-0.3, -0.25) is 4.90 Å². The van der Waals surface area contributed by atoms with Crippen molar-refractivity contribution < 1.29 is 5.11 Å². The fraction of sp³-hybridized carbons (Fsp3) is 0.571. The van der Waals surface area contributed by atoms with Crippen molar-refractivity contribution in [3.8, 4) is 0 Å². The van der Waals surface area contributed by atoms with E-state index in [2.05, 4.69) is 35.2 Å². The fourth-order valence-electron chi connectivity index (χ4n) is 3.27. The molecule has 2 bridgehead atoms. The van der Waals surface area contributed by atoms with Crippen molar-refractivity contribution in [1.29, 1.82) is 0 Å². The second kappa shape index (κ2) is 4.19. The highest BCUT2D eigenvalue weighted by Crippen LogP contribution is 2.35. The number of aliphatic hydroxyl groups is 1. The smallest absolute Gasteiger partial charge is 0.0698 e. The minimum absolute atomic E-state index is 0.0868. The monoisotopic (exact) mass is 217 g/mol. The minimum atomic E-state index is -0.0868. The normalized spacial score (nSPS) is 34.2. The molecule has 3 fully saturated rings. The molecular formula is C14H19NO. The summed E-state index contributed by atoms with van der Waals surface area (Å²) in [6, 6.07) is 11.0. The Balaban J connectivity index is 1.72. The van der Waals surface area contributed by atoms with Crippen LogP contribution in [0.3, 0.4) is 0 Å². The maximum atomic E-state index is 10.0. The second-order valence-electron chi connectivity index (χ2n) is 5.23. The average Bonchev–Trinajstić information content (AvgIpc) is 2.30. The van der Waals surface area contributed by atoms with Gasteiger partial charge >= 0.3 is 0 Å². The topological polar surface area (TPSA) is 23.5 Å². The van der Waals surface area contributed by atoms with E-state index < -0.39 is 0 Å². The van der Waals surface area contributed by atoms with Crippen LogP contribution in [0.5, 0.6) is 0 Å². The van der Waals surface area contributed by atoms with Crippen LogP contribution in [0.15, 0.2) is 30.3 Å². The van der Waals surface area contributed by atoms with Crippen LogP contribution in [0, 0.1) is 5.92 Å². The van der Waals surface area contributed by atoms with Crippen molar-refractivity contribution in [1.82, 2.24) is 4.90 Å². The molecule has 3 aliphatic rings. The van der Waals surface area contributed by atoms with Crippen LogP contribution in [0.25, 0.3) is 0 Å². The van der Waals surface area contributed by atoms with Gasteiger partial charge in [-0.1, -0.05) is 30.3 Å². The Hall–Kier alpha value is -0.860. The summed E-state index contributed by atoms with van der Waals surface area (Å²) >= 11 is 0. The first kappa shape index (κ1) is 10.3. The fourth-order valence-corrected chi connectivity index (χ4v) is 3.27. The van der Waals surface area contributed by atoms with E-state index in [-0.39, 0.29) is 6.10 Å². The molecule has 2 heteroatoms. The first-order valence-corrected chi connectivity index (χ1v) is 6.29. The molecule has 0 radical (unpaired) electrons. The zero-order valence-electron chi connectivity index (χ0n) is 9.55. The summed E-state index contributed by atoms with van der Waals surface area (Å²) in [6.07, 6.45) is 3.43. The van der Waals surface area contributed by atoms with Crippen LogP contribution in [-0.4, -0.2) is 28.7 Å². The van der Waals surface area contributed by atoms with E-state index >= 15 is 0 Å². The first-order valence-electron chi connectivity index (χ1n) is 6.29. The summed E-state index contributed by atoms with van der Waals surface area (Å²) in [5.74, 6) is 0.726. The average molecular weight is 217 g/mol. The predicted molar refractivity (Wildman–Crippen MR) is 64.0 cm³/mol. The van der Waals surface area contributed by atoms with Gasteiger partial charge in [0.25, 0.3) is 0 Å². The van der Waals surface area contributed by atoms with E-state index in [4.69, 9.17) is 0 Å². The lowest BCUT2D eigenvalue weighted by Crippen LogP contribution is -2.55. The van der Waals surface area contributed by atoms with Crippen LogP contribution in [0.1, 0.15) is 24.8 Å². The number of rotatable bonds is 2. The quantitative estimate of drug-likeness (QED) is 0.819. The number of hydrogen-bond donors (Lipinski definition) is 1. The zero-order valence-corrected chi connectivity index (χ0v) is 9.55. The van der Waals surface area contributed by atoms with Gasteiger partial charge in [0.2, 0.25) is 0 Å². The molecule has 2 saturated heterocycles. The SMILES string of the molecule is O[C@@H]1CC2CCC1N(Cc1ccccc1)C2. The lowest BCUT2D eigenvalue weighted by molar-refractivity contribution is -0.0582. The molecule has 16 heavy (non-hydrogen) atoms. The zero-order chi connectivity index (χ0) is 11.0. The molecule has 1 aliphatic carbocycles. The molecule has 0 spiro atoms. The summed E-state index contributed by atoms with van der Waals surface area (Å²) in [5.41, 5.74) is 1.36. The highest BCUT2D eigenvalue weighted by atomic mass is 16.3. The molecule has 3 atom stereocenters. The van der Waals surface area contributed by atoms with Crippen molar-refractivity contribution in [2.45, 2.75) is 38.0 Å². The minimum Gasteiger partial charge on any atom is -0.391 e. The van der Waals surface area contributed by atoms with Crippen LogP contribution >= 0.6 is 0 Å². The summed E-state index contributed by atoms with van der Waals surface area (Å²) in [7, 11) is 0. The number of hydrogen-bond acceptors (Lipinski definition) is 2. The van der Waals surface area contributed by atoms with E-state index in [9.17, 15) is 5.11 Å². The van der Waals surface area contributed by atoms with Gasteiger partial charge in [-0.05, 0) is 30.7 Å². The van der Waals surface area contributed by atoms with Gasteiger partial charge in [0.1, 0.15) is 0 Å². The molecular weight excluding hydrogens is 198 g/mol. The molecule has 4 rings (SSSR count). The Morgan fingerprint density at radius 3 is 2.69 bits per heavy atom. The lowest BCUT2D eigenvalue weighted by atomic mass is 9.78. The standard InChI is InChI=1S/C14H19NO/c16-14-8-12-6-7-13(14)15(10-12)9-11-4-2-1-3-5-11/h1-5,12-14,16H,6-10H2/t12?,13?,14-/m1/s1. The lowest BCUT2D eigenvalue weighted by Gasteiger charge is -2.48. The van der Waals surface area contributed by atoms with Crippen molar-refractivity contribution >= 4 is 0 Å². The van der Waals surface area contributed by atoms with Gasteiger partial charge in [0.05, 0.1) is 6.10 Å². The first-order chi connectivity index (χ1) is 7.83. The Labute approximate surface area is 96.9 Å². The van der Waals surface area contributed by atoms with Crippen LogP contribution in [0.4, 0.5) is 0 Å². The summed E-state index contributed by atoms with van der Waals surface area (Å²) in [5, 5.41) is 10.0. The van der Waals surface area contributed by atoms with Gasteiger partial charge in [-0.2, -0.15) is 0 Å². The molecule has 1 N–H and O–H groups in total. The van der Waals surface area contributed by atoms with E-state index in [1.54, 1.807) is 0 Å². The number of nitrogens with zero attached hydrogens (tertiary/aromatic N) is 1. The van der Waals surface area contributed by atoms with Crippen LogP contribution < -0.4 is 0 Å². The summed E-state index contributed by atoms with van der Waals surface area (Å²) in [6.45, 7) is 2.18. The molecule has 2 heterocycles. The summed E-state index contributed by atoms with van der Waals surface area (Å²) in [4.78, 5) is 2.47. The van der Waals surface area contributed by atoms with Gasteiger partial charge in [-0.15, -0.1) is 0 Å². The van der Waals surface area contributed by atoms with E-state index in [0.29, 0.717) is 6.04 Å². The van der Waals surface area contributed by atoms with E-state index in [1.807, 2.05) is 0 Å². The second-order valence-corrected chi connectivity index (χ2v) is 5.23. The summed E-state index contributed by atoms with van der Waals surface area (Å²) < 4.78 is 0. The third kappa shape index (κ3) is 1.87. The number of aliphatic hydroxyl groups excluding tert-OH is 1. The predicted octanol–water partition coefficient (Wildman–Crippen LogP) is 2.03. The van der Waals surface area contributed by atoms with Gasteiger partial charge in [0, 0.05) is 19.1 Å². The van der Waals surface area contributed by atoms with Crippen molar-refractivity contribution in [3.63, 3.8) is 0 Å². The largest absolute Gasteiger partial charge is 0.391 e. The molecule has 0 amide bonds. The Morgan fingerprint density at radius 2 is 2.00 bits per heavy atom. The van der Waals surface area contributed by atoms with Gasteiger partial charge in [-0.25, -0.2) is 0 Å². The molecule has 1 saturated carbocycles. The number of benzene rings is 1. The molecule has 1 aromatic rings. The van der Waals surface area contributed by atoms with E-state index in [1.165, 1.54) is 24.9 Å². The number of piperidine rings is 2. The number of fused-ring (bicyclic) bond motifs is 3. The van der Waals surface area contributed by atoms with Crippen molar-refractivity contribution in [2.75, 3.05) is 6.54 Å². The van der Waals surface area contributed by atoms with Crippen molar-refractivity contribution in [3.05, 3.63) is 35.9 Å². The highest BCUT2D eigenvalue weighted by Gasteiger charge is 2.39. The third-order valence-electron chi connectivity index (χ3n) is 4.08. The highest BCUT2D eigenvalue weighted by molar-refractivity contribution is 5.15. The molecule has 2 nitrogen and oxygen atoms in total. The molecule has 1 aromatic carbocycles. The van der Waals surface area contributed by atoms with Gasteiger partial charge < -0.3 is 5.11 Å². The van der Waals surface area contributed by atoms with E-state index in [0.717, 1.165) is 18.9 Å². The third-order valence-corrected chi connectivity index (χ3v) is 4.08. The maximum absolute atomic E-state index is 10.0. The van der Waals surface area contributed by atoms with Gasteiger partial charge in [0.15, 0.2) is 0 Å². The van der Waals surface area contributed by atoms with Crippen molar-refractivity contribution in [2.24, 2.45) is 5.92 Å². The van der Waals surface area contributed by atoms with Crippen LogP contribution in [0.2, 0.25) is 0 Å². The molecule has 86 valence electrons. The maximum Gasteiger partial charge on any atom is 0.0698 e. The molecule has 2 aliphatic heterocycles. The Kier molecular flexibility index (Phi) is 2.70. The van der Waals surface area contributed by atoms with Crippen LogP contribution in [-0.2, 0) is 6.54 Å².